The summed E-state index contributed by atoms with van der Waals surface area (Å²) in [6.07, 6.45) is 0. The van der Waals surface area contributed by atoms with Crippen LogP contribution in [0.25, 0.3) is 0 Å². The SMILES string of the molecule is O=P(O)(O)O.[Ca+2].[H-].[H-].[H-].[K+].[SiH4]. The monoisotopic (exact) mass is 212 g/mol. The Bertz CT molecular complexity index is 71.5. The Morgan fingerprint density at radius 1 is 1.25 bits per heavy atom. The molecule has 4 nitrogen and oxygen atoms in total. The van der Waals surface area contributed by atoms with Crippen LogP contribution in [0.15, 0.2) is 0 Å². The summed E-state index contributed by atoms with van der Waals surface area (Å²) in [4.78, 5) is 21.6. The third kappa shape index (κ3) is 60.0. The van der Waals surface area contributed by atoms with Crippen LogP contribution in [0, 0.1) is 0 Å². The Balaban J connectivity index is -0.00000000533. The maximum absolute atomic E-state index is 8.88. The summed E-state index contributed by atoms with van der Waals surface area (Å²) in [5.41, 5.74) is 0. The Morgan fingerprint density at radius 2 is 1.25 bits per heavy atom. The number of phosphoric acid groups is 1. The van der Waals surface area contributed by atoms with Gasteiger partial charge in [-0.25, -0.2) is 4.57 Å². The summed E-state index contributed by atoms with van der Waals surface area (Å²) in [6, 6.07) is 0. The Hall–Kier alpha value is 3.22. The van der Waals surface area contributed by atoms with E-state index in [-0.39, 0.29) is 104 Å². The van der Waals surface area contributed by atoms with E-state index >= 15 is 0 Å². The van der Waals surface area contributed by atoms with E-state index in [2.05, 4.69) is 0 Å². The molecule has 0 radical (unpaired) electrons. The fraction of sp³-hybridized carbons (Fsp3) is 0. The molecule has 8 heavy (non-hydrogen) atoms. The first kappa shape index (κ1) is 22.5. The van der Waals surface area contributed by atoms with Gasteiger partial charge >= 0.3 is 96.9 Å². The molecule has 0 heterocycles. The maximum Gasteiger partial charge on any atom is 2.00 e. The molecule has 8 heteroatoms. The molecule has 0 aromatic carbocycles. The van der Waals surface area contributed by atoms with Gasteiger partial charge in [0.1, 0.15) is 0 Å². The minimum Gasteiger partial charge on any atom is -1.00 e. The van der Waals surface area contributed by atoms with Crippen LogP contribution in [0.5, 0.6) is 0 Å². The van der Waals surface area contributed by atoms with Crippen molar-refractivity contribution in [3.05, 3.63) is 0 Å². The van der Waals surface area contributed by atoms with Crippen molar-refractivity contribution < 1.29 is 74.9 Å². The molecule has 0 rings (SSSR count). The molecule has 0 atom stereocenters. The molecule has 0 spiro atoms. The molecule has 3 N–H and O–H groups in total. The van der Waals surface area contributed by atoms with Gasteiger partial charge in [-0.05, 0) is 11.0 Å². The number of rotatable bonds is 0. The van der Waals surface area contributed by atoms with Crippen molar-refractivity contribution in [3.63, 3.8) is 0 Å². The van der Waals surface area contributed by atoms with Crippen molar-refractivity contribution in [1.82, 2.24) is 0 Å². The Kier molecular flexibility index (Phi) is 28.7. The van der Waals surface area contributed by atoms with Gasteiger partial charge in [0.05, 0.1) is 0 Å². The maximum atomic E-state index is 8.88. The normalized spacial score (nSPS) is 7.38. The van der Waals surface area contributed by atoms with Crippen molar-refractivity contribution in [3.8, 4) is 0 Å². The van der Waals surface area contributed by atoms with E-state index in [9.17, 15) is 0 Å². The summed E-state index contributed by atoms with van der Waals surface area (Å²) in [5, 5.41) is 0. The predicted octanol–water partition coefficient (Wildman–Crippen LogP) is -5.42. The largest absolute Gasteiger partial charge is 2.00 e. The van der Waals surface area contributed by atoms with Crippen LogP contribution in [0.3, 0.4) is 0 Å². The van der Waals surface area contributed by atoms with Crippen LogP contribution >= 0.6 is 7.82 Å². The van der Waals surface area contributed by atoms with Gasteiger partial charge < -0.3 is 19.0 Å². The van der Waals surface area contributed by atoms with Gasteiger partial charge in [-0.2, -0.15) is 0 Å². The molecule has 0 aliphatic heterocycles. The molecule has 0 amide bonds. The molecule has 0 bridgehead atoms. The van der Waals surface area contributed by atoms with Gasteiger partial charge in [0.15, 0.2) is 0 Å². The van der Waals surface area contributed by atoms with Gasteiger partial charge in [-0.3, -0.25) is 0 Å². The molecular weight excluding hydrogens is 202 g/mol. The van der Waals surface area contributed by atoms with E-state index in [0.717, 1.165) is 0 Å². The first-order valence-corrected chi connectivity index (χ1v) is 2.35. The molecule has 0 aliphatic carbocycles. The number of hydrogen-bond acceptors (Lipinski definition) is 1. The zero-order valence-corrected chi connectivity index (χ0v) is 10.1. The molecule has 0 fully saturated rings. The van der Waals surface area contributed by atoms with Gasteiger partial charge in [0.2, 0.25) is 0 Å². The minimum atomic E-state index is -4.64. The summed E-state index contributed by atoms with van der Waals surface area (Å²) >= 11 is 0. The smallest absolute Gasteiger partial charge is 1.00 e. The van der Waals surface area contributed by atoms with Crippen LogP contribution in [0.4, 0.5) is 0 Å². The topological polar surface area (TPSA) is 77.8 Å². The zero-order chi connectivity index (χ0) is 4.50. The van der Waals surface area contributed by atoms with E-state index in [0.29, 0.717) is 0 Å². The third-order valence-electron chi connectivity index (χ3n) is 0. The van der Waals surface area contributed by atoms with Crippen LogP contribution in [0.1, 0.15) is 4.28 Å². The summed E-state index contributed by atoms with van der Waals surface area (Å²) in [5.74, 6) is 0. The molecule has 0 aliphatic rings. The first-order chi connectivity index (χ1) is 2.00. The molecule has 46 valence electrons. The van der Waals surface area contributed by atoms with Gasteiger partial charge in [0, 0.05) is 0 Å². The van der Waals surface area contributed by atoms with Crippen molar-refractivity contribution in [2.24, 2.45) is 0 Å². The second-order valence-electron chi connectivity index (χ2n) is 0.513. The average molecular weight is 212 g/mol. The summed E-state index contributed by atoms with van der Waals surface area (Å²) in [7, 11) is -4.64. The van der Waals surface area contributed by atoms with Gasteiger partial charge in [0.25, 0.3) is 0 Å². The van der Waals surface area contributed by atoms with Crippen molar-refractivity contribution >= 4 is 56.5 Å². The molecule has 0 aromatic heterocycles. The van der Waals surface area contributed by atoms with E-state index in [1.807, 2.05) is 0 Å². The number of hydrogen-bond donors (Lipinski definition) is 3. The summed E-state index contributed by atoms with van der Waals surface area (Å²) in [6.45, 7) is 0. The van der Waals surface area contributed by atoms with Gasteiger partial charge in [-0.15, -0.1) is 0 Å². The van der Waals surface area contributed by atoms with Crippen molar-refractivity contribution in [1.29, 1.82) is 0 Å². The van der Waals surface area contributed by atoms with Crippen molar-refractivity contribution in [2.45, 2.75) is 0 Å². The van der Waals surface area contributed by atoms with Crippen LogP contribution in [-0.4, -0.2) is 63.4 Å². The quantitative estimate of drug-likeness (QED) is 0.277. The Labute approximate surface area is 129 Å². The predicted molar refractivity (Wildman–Crippen MR) is 34.7 cm³/mol. The van der Waals surface area contributed by atoms with E-state index in [1.165, 1.54) is 0 Å². The van der Waals surface area contributed by atoms with Crippen LogP contribution in [0.2, 0.25) is 0 Å². The molecular formula is H10CaKO4PSi. The van der Waals surface area contributed by atoms with Gasteiger partial charge in [-0.1, -0.05) is 0 Å². The fourth-order valence-corrected chi connectivity index (χ4v) is 0. The van der Waals surface area contributed by atoms with E-state index in [1.54, 1.807) is 0 Å². The zero-order valence-electron chi connectivity index (χ0n) is 6.90. The fourth-order valence-electron chi connectivity index (χ4n) is 0. The second-order valence-corrected chi connectivity index (χ2v) is 1.54. The second kappa shape index (κ2) is 10.2. The molecule has 0 aromatic rings. The standard InChI is InChI=1S/Ca.K.H3O4P.H4Si.3H/c;;1-5(2,3)4;;;;/h;;(H3,1,2,3,4);1H4;;;/q+2;+1;;;3*-1. The summed E-state index contributed by atoms with van der Waals surface area (Å²) < 4.78 is 8.88. The van der Waals surface area contributed by atoms with E-state index < -0.39 is 7.82 Å². The van der Waals surface area contributed by atoms with Crippen LogP contribution in [-0.2, 0) is 4.57 Å². The molecule has 0 saturated carbocycles. The average Bonchev–Trinajstić information content (AvgIpc) is 0.722. The first-order valence-electron chi connectivity index (χ1n) is 0.783. The van der Waals surface area contributed by atoms with E-state index in [4.69, 9.17) is 19.2 Å². The minimum absolute atomic E-state index is 0. The molecule has 0 unspecified atom stereocenters. The Morgan fingerprint density at radius 3 is 1.25 bits per heavy atom. The van der Waals surface area contributed by atoms with Crippen LogP contribution < -0.4 is 51.4 Å². The molecule has 0 saturated heterocycles. The van der Waals surface area contributed by atoms with Crippen molar-refractivity contribution in [2.75, 3.05) is 0 Å². The third-order valence-corrected chi connectivity index (χ3v) is 0.